The smallest absolute Gasteiger partial charge is 0.332 e. The van der Waals surface area contributed by atoms with E-state index in [9.17, 15) is 14.4 Å². The van der Waals surface area contributed by atoms with Crippen molar-refractivity contribution in [1.29, 1.82) is 5.41 Å². The number of nitrogens with zero attached hydrogens (tertiary/aromatic N) is 5. The first-order valence-corrected chi connectivity index (χ1v) is 9.61. The predicted molar refractivity (Wildman–Crippen MR) is 109 cm³/mol. The van der Waals surface area contributed by atoms with Crippen LogP contribution in [0.3, 0.4) is 0 Å². The number of urea groups is 1. The van der Waals surface area contributed by atoms with E-state index in [4.69, 9.17) is 9.93 Å². The number of amides is 3. The van der Waals surface area contributed by atoms with E-state index < -0.39 is 23.4 Å². The van der Waals surface area contributed by atoms with Crippen molar-refractivity contribution in [1.82, 2.24) is 19.8 Å². The Morgan fingerprint density at radius 1 is 1.27 bits per heavy atom. The number of carbonyl (C=O) groups is 3. The van der Waals surface area contributed by atoms with Crippen molar-refractivity contribution in [2.75, 3.05) is 11.4 Å². The van der Waals surface area contributed by atoms with Gasteiger partial charge in [-0.15, -0.1) is 0 Å². The summed E-state index contributed by atoms with van der Waals surface area (Å²) in [6.45, 7) is 10.2. The molecule has 1 fully saturated rings. The standard InChI is InChI=1S/C20H26N6O4/c1-11(21)16(13(3)27)10-25-19(29)26(18(28)20(25,5)6)15-7-22-24(8-15)9-17-12(2)23-30-14(17)4/h7-8,16,21H,9-10H2,1-6H3. The van der Waals surface area contributed by atoms with Crippen LogP contribution in [0, 0.1) is 25.2 Å². The largest absolute Gasteiger partial charge is 0.361 e. The van der Waals surface area contributed by atoms with Crippen molar-refractivity contribution in [2.24, 2.45) is 5.92 Å². The van der Waals surface area contributed by atoms with Crippen LogP contribution in [-0.2, 0) is 16.1 Å². The van der Waals surface area contributed by atoms with Crippen molar-refractivity contribution in [3.05, 3.63) is 29.4 Å². The molecule has 0 aromatic carbocycles. The van der Waals surface area contributed by atoms with Crippen LogP contribution in [-0.4, -0.2) is 55.4 Å². The Morgan fingerprint density at radius 3 is 2.47 bits per heavy atom. The summed E-state index contributed by atoms with van der Waals surface area (Å²) in [6, 6.07) is -0.533. The molecule has 10 nitrogen and oxygen atoms in total. The second kappa shape index (κ2) is 7.51. The zero-order chi connectivity index (χ0) is 22.4. The van der Waals surface area contributed by atoms with Gasteiger partial charge in [-0.25, -0.2) is 9.69 Å². The Kier molecular flexibility index (Phi) is 5.36. The molecule has 3 amide bonds. The number of nitrogens with one attached hydrogen (secondary N) is 1. The van der Waals surface area contributed by atoms with Gasteiger partial charge in [-0.05, 0) is 41.5 Å². The van der Waals surface area contributed by atoms with Gasteiger partial charge in [0.2, 0.25) is 0 Å². The number of Topliss-reactive ketones (excluding diaryl/α,β-unsaturated/α-hetero) is 1. The maximum absolute atomic E-state index is 13.1. The fourth-order valence-electron chi connectivity index (χ4n) is 3.57. The zero-order valence-electron chi connectivity index (χ0n) is 18.0. The number of hydrogen-bond donors (Lipinski definition) is 1. The first-order chi connectivity index (χ1) is 13.9. The quantitative estimate of drug-likeness (QED) is 0.547. The first kappa shape index (κ1) is 21.4. The van der Waals surface area contributed by atoms with Crippen LogP contribution in [0.25, 0.3) is 0 Å². The van der Waals surface area contributed by atoms with Crippen LogP contribution in [0.1, 0.15) is 44.7 Å². The van der Waals surface area contributed by atoms with Gasteiger partial charge in [0.25, 0.3) is 5.91 Å². The molecule has 3 heterocycles. The van der Waals surface area contributed by atoms with Crippen LogP contribution in [0.5, 0.6) is 0 Å². The van der Waals surface area contributed by atoms with Crippen molar-refractivity contribution >= 4 is 29.1 Å². The first-order valence-electron chi connectivity index (χ1n) is 9.61. The van der Waals surface area contributed by atoms with Gasteiger partial charge >= 0.3 is 6.03 Å². The lowest BCUT2D eigenvalue weighted by Crippen LogP contribution is -2.48. The molecule has 0 radical (unpaired) electrons. The normalized spacial score (nSPS) is 17.0. The summed E-state index contributed by atoms with van der Waals surface area (Å²) in [4.78, 5) is 40.6. The summed E-state index contributed by atoms with van der Waals surface area (Å²) in [6.07, 6.45) is 3.07. The van der Waals surface area contributed by atoms with E-state index in [1.165, 1.54) is 24.9 Å². The Hall–Kier alpha value is -3.30. The highest BCUT2D eigenvalue weighted by atomic mass is 16.5. The van der Waals surface area contributed by atoms with Gasteiger partial charge in [0.05, 0.1) is 30.0 Å². The van der Waals surface area contributed by atoms with E-state index in [1.54, 1.807) is 24.7 Å². The molecule has 2 aromatic heterocycles. The summed E-state index contributed by atoms with van der Waals surface area (Å²) in [5.41, 5.74) is 0.991. The predicted octanol–water partition coefficient (Wildman–Crippen LogP) is 2.33. The number of anilines is 1. The molecule has 0 bridgehead atoms. The van der Waals surface area contributed by atoms with Crippen molar-refractivity contribution in [3.63, 3.8) is 0 Å². The summed E-state index contributed by atoms with van der Waals surface area (Å²) >= 11 is 0. The average molecular weight is 414 g/mol. The minimum atomic E-state index is -1.15. The van der Waals surface area contributed by atoms with E-state index in [0.717, 1.165) is 16.2 Å². The van der Waals surface area contributed by atoms with E-state index in [-0.39, 0.29) is 18.0 Å². The number of aromatic nitrogens is 3. The van der Waals surface area contributed by atoms with Crippen LogP contribution in [0.15, 0.2) is 16.9 Å². The van der Waals surface area contributed by atoms with Crippen LogP contribution >= 0.6 is 0 Å². The molecule has 1 saturated heterocycles. The van der Waals surface area contributed by atoms with Crippen molar-refractivity contribution in [2.45, 2.75) is 53.6 Å². The third-order valence-electron chi connectivity index (χ3n) is 5.58. The number of hydrogen-bond acceptors (Lipinski definition) is 7. The molecule has 3 rings (SSSR count). The maximum Gasteiger partial charge on any atom is 0.332 e. The molecular formula is C20H26N6O4. The molecular weight excluding hydrogens is 388 g/mol. The molecule has 30 heavy (non-hydrogen) atoms. The highest BCUT2D eigenvalue weighted by molar-refractivity contribution is 6.23. The van der Waals surface area contributed by atoms with E-state index in [0.29, 0.717) is 18.0 Å². The Morgan fingerprint density at radius 2 is 1.93 bits per heavy atom. The van der Waals surface area contributed by atoms with Crippen LogP contribution < -0.4 is 4.90 Å². The molecule has 0 spiro atoms. The lowest BCUT2D eigenvalue weighted by molar-refractivity contribution is -0.125. The topological polar surface area (TPSA) is 125 Å². The summed E-state index contributed by atoms with van der Waals surface area (Å²) < 4.78 is 6.77. The molecule has 1 unspecified atom stereocenters. The number of imide groups is 1. The minimum Gasteiger partial charge on any atom is -0.361 e. The van der Waals surface area contributed by atoms with E-state index in [2.05, 4.69) is 10.3 Å². The number of aryl methyl sites for hydroxylation is 2. The molecule has 1 atom stereocenters. The average Bonchev–Trinajstić information content (AvgIpc) is 3.27. The Balaban J connectivity index is 1.87. The molecule has 1 aliphatic rings. The summed E-state index contributed by atoms with van der Waals surface area (Å²) in [5, 5.41) is 16.0. The number of carbonyl (C=O) groups excluding carboxylic acids is 3. The number of rotatable bonds is 7. The van der Waals surface area contributed by atoms with Gasteiger partial charge in [0.15, 0.2) is 0 Å². The Labute approximate surface area is 174 Å². The Bertz CT molecular complexity index is 1000. The van der Waals surface area contributed by atoms with E-state index >= 15 is 0 Å². The molecule has 1 aliphatic heterocycles. The molecule has 2 aromatic rings. The van der Waals surface area contributed by atoms with Gasteiger partial charge < -0.3 is 14.8 Å². The van der Waals surface area contributed by atoms with Gasteiger partial charge in [0, 0.05) is 24.0 Å². The summed E-state index contributed by atoms with van der Waals surface area (Å²) in [7, 11) is 0. The van der Waals surface area contributed by atoms with Crippen LogP contribution in [0.4, 0.5) is 10.5 Å². The molecule has 10 heteroatoms. The molecule has 1 N–H and O–H groups in total. The second-order valence-corrected chi connectivity index (χ2v) is 8.14. The van der Waals surface area contributed by atoms with Crippen molar-refractivity contribution < 1.29 is 18.9 Å². The minimum absolute atomic E-state index is 0.0219. The molecule has 0 aliphatic carbocycles. The third kappa shape index (κ3) is 3.53. The third-order valence-corrected chi connectivity index (χ3v) is 5.58. The second-order valence-electron chi connectivity index (χ2n) is 8.14. The lowest BCUT2D eigenvalue weighted by Gasteiger charge is -2.30. The fourth-order valence-corrected chi connectivity index (χ4v) is 3.57. The summed E-state index contributed by atoms with van der Waals surface area (Å²) in [5.74, 6) is -0.690. The SMILES string of the molecule is CC(=N)C(CN1C(=O)N(c2cnn(Cc3c(C)noc3C)c2)C(=O)C1(C)C)C(C)=O. The molecule has 160 valence electrons. The van der Waals surface area contributed by atoms with Crippen LogP contribution in [0.2, 0.25) is 0 Å². The fraction of sp³-hybridized carbons (Fsp3) is 0.500. The highest BCUT2D eigenvalue weighted by Gasteiger charge is 2.53. The van der Waals surface area contributed by atoms with E-state index in [1.807, 2.05) is 13.8 Å². The maximum atomic E-state index is 13.1. The molecule has 0 saturated carbocycles. The monoisotopic (exact) mass is 414 g/mol. The van der Waals surface area contributed by atoms with Crippen molar-refractivity contribution in [3.8, 4) is 0 Å². The van der Waals surface area contributed by atoms with Gasteiger partial charge in [0.1, 0.15) is 17.1 Å². The van der Waals surface area contributed by atoms with Gasteiger partial charge in [-0.3, -0.25) is 14.3 Å². The zero-order valence-corrected chi connectivity index (χ0v) is 18.0. The number of ketones is 1. The lowest BCUT2D eigenvalue weighted by atomic mass is 9.96. The van der Waals surface area contributed by atoms with Gasteiger partial charge in [-0.2, -0.15) is 5.10 Å². The highest BCUT2D eigenvalue weighted by Crippen LogP contribution is 2.32. The van der Waals surface area contributed by atoms with Gasteiger partial charge in [-0.1, -0.05) is 5.16 Å².